The van der Waals surface area contributed by atoms with Gasteiger partial charge < -0.3 is 9.57 Å². The molecule has 1 heterocycles. The molecule has 0 aliphatic carbocycles. The van der Waals surface area contributed by atoms with Crippen molar-refractivity contribution in [2.75, 3.05) is 7.11 Å². The van der Waals surface area contributed by atoms with Gasteiger partial charge in [-0.15, -0.1) is 0 Å². The summed E-state index contributed by atoms with van der Waals surface area (Å²) in [5.74, 6) is 0.839. The van der Waals surface area contributed by atoms with Gasteiger partial charge in [-0.25, -0.2) is 0 Å². The zero-order chi connectivity index (χ0) is 9.10. The topological polar surface area (TPSA) is 30.8 Å². The number of hydrogen-bond donors (Lipinski definition) is 0. The number of rotatable bonds is 2. The van der Waals surface area contributed by atoms with E-state index >= 15 is 0 Å². The lowest BCUT2D eigenvalue weighted by atomic mass is 10.1. The van der Waals surface area contributed by atoms with Crippen molar-refractivity contribution in [1.82, 2.24) is 0 Å². The summed E-state index contributed by atoms with van der Waals surface area (Å²) in [6.45, 7) is 0. The van der Waals surface area contributed by atoms with Crippen molar-refractivity contribution in [3.63, 3.8) is 0 Å². The second kappa shape index (κ2) is 3.47. The molecule has 3 nitrogen and oxygen atoms in total. The van der Waals surface area contributed by atoms with Crippen LogP contribution in [0.15, 0.2) is 29.4 Å². The van der Waals surface area contributed by atoms with Gasteiger partial charge in [-0.05, 0) is 6.07 Å². The summed E-state index contributed by atoms with van der Waals surface area (Å²) in [5, 5.41) is 3.61. The van der Waals surface area contributed by atoms with Crippen LogP contribution < -0.4 is 4.74 Å². The van der Waals surface area contributed by atoms with Gasteiger partial charge in [-0.2, -0.15) is 0 Å². The molecule has 1 aromatic carbocycles. The van der Waals surface area contributed by atoms with E-state index in [1.165, 1.54) is 0 Å². The zero-order valence-corrected chi connectivity index (χ0v) is 7.36. The van der Waals surface area contributed by atoms with E-state index in [0.29, 0.717) is 6.42 Å². The minimum atomic E-state index is -0.0313. The summed E-state index contributed by atoms with van der Waals surface area (Å²) in [7, 11) is 1.65. The van der Waals surface area contributed by atoms with Gasteiger partial charge in [-0.1, -0.05) is 23.4 Å². The highest BCUT2D eigenvalue weighted by Gasteiger charge is 2.19. The summed E-state index contributed by atoms with van der Waals surface area (Å²) >= 11 is 0. The molecule has 67 valence electrons. The third-order valence-electron chi connectivity index (χ3n) is 2.01. The molecular formula is C10H10NO2. The largest absolute Gasteiger partial charge is 0.496 e. The lowest BCUT2D eigenvalue weighted by Crippen LogP contribution is -1.99. The average molecular weight is 176 g/mol. The number of methoxy groups -OCH3 is 1. The fraction of sp³-hybridized carbons (Fsp3) is 0.300. The van der Waals surface area contributed by atoms with Crippen LogP contribution in [0.5, 0.6) is 5.75 Å². The van der Waals surface area contributed by atoms with Gasteiger partial charge in [0.05, 0.1) is 7.11 Å². The van der Waals surface area contributed by atoms with Crippen molar-refractivity contribution in [2.45, 2.75) is 12.5 Å². The lowest BCUT2D eigenvalue weighted by Gasteiger charge is -2.11. The fourth-order valence-corrected chi connectivity index (χ4v) is 1.36. The van der Waals surface area contributed by atoms with Gasteiger partial charge in [0.25, 0.3) is 0 Å². The summed E-state index contributed by atoms with van der Waals surface area (Å²) in [5.41, 5.74) is 1.03. The van der Waals surface area contributed by atoms with Gasteiger partial charge in [0.15, 0.2) is 6.10 Å². The minimum absolute atomic E-state index is 0.0313. The molecule has 1 radical (unpaired) electrons. The van der Waals surface area contributed by atoms with Crippen molar-refractivity contribution >= 4 is 6.21 Å². The van der Waals surface area contributed by atoms with Crippen molar-refractivity contribution in [1.29, 1.82) is 0 Å². The Morgan fingerprint density at radius 2 is 2.38 bits per heavy atom. The van der Waals surface area contributed by atoms with Gasteiger partial charge in [0.1, 0.15) is 12.0 Å². The molecule has 0 fully saturated rings. The van der Waals surface area contributed by atoms with Crippen LogP contribution >= 0.6 is 0 Å². The molecule has 0 saturated heterocycles. The molecule has 0 spiro atoms. The van der Waals surface area contributed by atoms with E-state index in [1.807, 2.05) is 24.3 Å². The number of benzene rings is 1. The molecule has 0 bridgehead atoms. The first-order valence-electron chi connectivity index (χ1n) is 4.13. The average Bonchev–Trinajstić information content (AvgIpc) is 2.70. The van der Waals surface area contributed by atoms with E-state index in [2.05, 4.69) is 11.4 Å². The van der Waals surface area contributed by atoms with E-state index in [0.717, 1.165) is 11.3 Å². The van der Waals surface area contributed by atoms with Gasteiger partial charge in [-0.3, -0.25) is 0 Å². The quantitative estimate of drug-likeness (QED) is 0.690. The first kappa shape index (κ1) is 8.10. The van der Waals surface area contributed by atoms with Crippen LogP contribution in [-0.2, 0) is 4.84 Å². The number of nitrogens with zero attached hydrogens (tertiary/aromatic N) is 1. The number of hydrogen-bond acceptors (Lipinski definition) is 3. The molecule has 3 heteroatoms. The molecular weight excluding hydrogens is 166 g/mol. The molecule has 0 saturated carbocycles. The summed E-state index contributed by atoms with van der Waals surface area (Å²) in [6, 6.07) is 7.78. The normalized spacial score (nSPS) is 19.9. The Kier molecular flexibility index (Phi) is 2.17. The standard InChI is InChI=1S/C10H10NO2/c1-12-9-5-3-2-4-8(9)10-6-7-11-13-10/h2-5,10H,6H2,1H3. The Morgan fingerprint density at radius 1 is 1.54 bits per heavy atom. The number of ether oxygens (including phenoxy) is 1. The van der Waals surface area contributed by atoms with E-state index < -0.39 is 0 Å². The third-order valence-corrected chi connectivity index (χ3v) is 2.01. The predicted octanol–water partition coefficient (Wildman–Crippen LogP) is 2.02. The first-order chi connectivity index (χ1) is 6.42. The predicted molar refractivity (Wildman–Crippen MR) is 48.9 cm³/mol. The SMILES string of the molecule is COc1ccccc1C1C[C]=NO1. The molecule has 13 heavy (non-hydrogen) atoms. The molecule has 1 aliphatic rings. The molecule has 0 aromatic heterocycles. The highest BCUT2D eigenvalue weighted by atomic mass is 16.6. The molecule has 2 rings (SSSR count). The maximum Gasteiger partial charge on any atom is 0.161 e. The summed E-state index contributed by atoms with van der Waals surface area (Å²) in [4.78, 5) is 5.12. The molecule has 0 N–H and O–H groups in total. The Morgan fingerprint density at radius 3 is 3.08 bits per heavy atom. The molecule has 1 aromatic rings. The second-order valence-electron chi connectivity index (χ2n) is 2.79. The summed E-state index contributed by atoms with van der Waals surface area (Å²) < 4.78 is 5.21. The fourth-order valence-electron chi connectivity index (χ4n) is 1.36. The Balaban J connectivity index is 2.27. The number of para-hydroxylation sites is 1. The zero-order valence-electron chi connectivity index (χ0n) is 7.36. The third kappa shape index (κ3) is 1.49. The molecule has 1 unspecified atom stereocenters. The van der Waals surface area contributed by atoms with Crippen LogP contribution in [0.25, 0.3) is 0 Å². The van der Waals surface area contributed by atoms with Crippen LogP contribution in [0.4, 0.5) is 0 Å². The van der Waals surface area contributed by atoms with E-state index in [9.17, 15) is 0 Å². The van der Waals surface area contributed by atoms with Crippen molar-refractivity contribution < 1.29 is 9.57 Å². The maximum absolute atomic E-state index is 5.21. The van der Waals surface area contributed by atoms with E-state index in [-0.39, 0.29) is 6.10 Å². The second-order valence-corrected chi connectivity index (χ2v) is 2.79. The smallest absolute Gasteiger partial charge is 0.161 e. The van der Waals surface area contributed by atoms with Crippen LogP contribution in [0.1, 0.15) is 18.1 Å². The Hall–Kier alpha value is -1.51. The highest BCUT2D eigenvalue weighted by Crippen LogP contribution is 2.31. The lowest BCUT2D eigenvalue weighted by molar-refractivity contribution is 0.0837. The molecule has 1 atom stereocenters. The molecule has 0 amide bonds. The first-order valence-corrected chi connectivity index (χ1v) is 4.13. The van der Waals surface area contributed by atoms with Gasteiger partial charge >= 0.3 is 0 Å². The van der Waals surface area contributed by atoms with Crippen LogP contribution in [0.3, 0.4) is 0 Å². The minimum Gasteiger partial charge on any atom is -0.496 e. The van der Waals surface area contributed by atoms with E-state index in [1.54, 1.807) is 7.11 Å². The van der Waals surface area contributed by atoms with Crippen molar-refractivity contribution in [3.8, 4) is 5.75 Å². The monoisotopic (exact) mass is 176 g/mol. The van der Waals surface area contributed by atoms with Crippen LogP contribution in [0, 0.1) is 0 Å². The van der Waals surface area contributed by atoms with Gasteiger partial charge in [0.2, 0.25) is 0 Å². The molecule has 1 aliphatic heterocycles. The Labute approximate surface area is 77.0 Å². The van der Waals surface area contributed by atoms with Crippen molar-refractivity contribution in [3.05, 3.63) is 29.8 Å². The Bertz CT molecular complexity index is 314. The van der Waals surface area contributed by atoms with Crippen LogP contribution in [-0.4, -0.2) is 13.3 Å². The summed E-state index contributed by atoms with van der Waals surface area (Å²) in [6.07, 6.45) is 3.43. The van der Waals surface area contributed by atoms with Gasteiger partial charge in [0, 0.05) is 12.0 Å². The van der Waals surface area contributed by atoms with Crippen molar-refractivity contribution in [2.24, 2.45) is 5.16 Å². The highest BCUT2D eigenvalue weighted by molar-refractivity contribution is 5.60. The van der Waals surface area contributed by atoms with E-state index in [4.69, 9.17) is 9.57 Å². The van der Waals surface area contributed by atoms with Crippen LogP contribution in [0.2, 0.25) is 0 Å². The maximum atomic E-state index is 5.21.